The molecule has 1 atom stereocenters. The van der Waals surface area contributed by atoms with Gasteiger partial charge in [0.25, 0.3) is 5.91 Å². The largest absolute Gasteiger partial charge is 0.384 e. The summed E-state index contributed by atoms with van der Waals surface area (Å²) < 4.78 is 0. The number of aromatic nitrogens is 3. The molecule has 1 fully saturated rings. The minimum absolute atomic E-state index is 0.163. The Morgan fingerprint density at radius 2 is 1.91 bits per heavy atom. The molecule has 1 aliphatic rings. The maximum Gasteiger partial charge on any atom is 0.256 e. The van der Waals surface area contributed by atoms with Gasteiger partial charge in [-0.3, -0.25) is 4.79 Å². The van der Waals surface area contributed by atoms with E-state index in [1.54, 1.807) is 35.4 Å². The number of halogens is 2. The van der Waals surface area contributed by atoms with Crippen molar-refractivity contribution in [3.8, 4) is 23.1 Å². The van der Waals surface area contributed by atoms with Crippen LogP contribution in [0.15, 0.2) is 36.8 Å². The number of pyridine rings is 1. The molecule has 0 saturated carbocycles. The highest BCUT2D eigenvalue weighted by atomic mass is 35.5. The number of amides is 1. The number of hydrogen-bond acceptors (Lipinski definition) is 6. The minimum Gasteiger partial charge on any atom is -0.384 e. The van der Waals surface area contributed by atoms with E-state index < -0.39 is 0 Å². The summed E-state index contributed by atoms with van der Waals surface area (Å²) in [6, 6.07) is 7.26. The Balaban J connectivity index is 1.71. The van der Waals surface area contributed by atoms with Gasteiger partial charge in [-0.05, 0) is 51.2 Å². The van der Waals surface area contributed by atoms with Crippen LogP contribution in [0.3, 0.4) is 0 Å². The predicted molar refractivity (Wildman–Crippen MR) is 139 cm³/mol. The first-order valence-electron chi connectivity index (χ1n) is 11.3. The molecule has 4 rings (SSSR count). The van der Waals surface area contributed by atoms with E-state index in [4.69, 9.17) is 28.9 Å². The number of benzene rings is 1. The highest BCUT2D eigenvalue weighted by molar-refractivity contribution is 6.40. The molecule has 180 valence electrons. The summed E-state index contributed by atoms with van der Waals surface area (Å²) in [5.74, 6) is 6.55. The van der Waals surface area contributed by atoms with Crippen molar-refractivity contribution < 1.29 is 4.79 Å². The average Bonchev–Trinajstić information content (AvgIpc) is 3.34. The zero-order chi connectivity index (χ0) is 25.1. The van der Waals surface area contributed by atoms with Crippen molar-refractivity contribution >= 4 is 34.9 Å². The molecule has 9 heteroatoms. The normalized spacial score (nSPS) is 15.3. The number of carbonyl (C=O) groups is 1. The van der Waals surface area contributed by atoms with Crippen molar-refractivity contribution in [2.24, 2.45) is 0 Å². The average molecular weight is 509 g/mol. The molecule has 0 radical (unpaired) electrons. The third kappa shape index (κ3) is 5.40. The molecule has 0 aliphatic carbocycles. The molecular weight excluding hydrogens is 483 g/mol. The summed E-state index contributed by atoms with van der Waals surface area (Å²) in [5.41, 5.74) is 9.43. The Morgan fingerprint density at radius 3 is 2.51 bits per heavy atom. The molecular formula is C26H26Cl2N6O. The number of nitrogens with zero attached hydrogens (tertiary/aromatic N) is 5. The molecule has 3 heterocycles. The van der Waals surface area contributed by atoms with Crippen LogP contribution in [0.4, 0.5) is 5.82 Å². The summed E-state index contributed by atoms with van der Waals surface area (Å²) in [6.07, 6.45) is 4.69. The van der Waals surface area contributed by atoms with Crippen molar-refractivity contribution in [2.45, 2.75) is 25.8 Å². The van der Waals surface area contributed by atoms with E-state index in [0.29, 0.717) is 53.8 Å². The van der Waals surface area contributed by atoms with E-state index >= 15 is 0 Å². The maximum absolute atomic E-state index is 13.2. The van der Waals surface area contributed by atoms with Gasteiger partial charge in [0.15, 0.2) is 0 Å². The lowest BCUT2D eigenvalue weighted by Crippen LogP contribution is -2.34. The molecule has 35 heavy (non-hydrogen) atoms. The first-order valence-corrected chi connectivity index (χ1v) is 12.1. The zero-order valence-corrected chi connectivity index (χ0v) is 21.4. The van der Waals surface area contributed by atoms with Crippen molar-refractivity contribution in [2.75, 3.05) is 32.9 Å². The SMILES string of the molecule is CCc1ncnc(-c2cc(Cl)c(C(=O)N3CC[C@@H](N(C)C)C3)c(Cl)c2)c1C#Cc1ccc(N)nc1. The van der Waals surface area contributed by atoms with Crippen LogP contribution in [0.5, 0.6) is 0 Å². The van der Waals surface area contributed by atoms with Gasteiger partial charge in [-0.2, -0.15) is 0 Å². The van der Waals surface area contributed by atoms with Crippen molar-refractivity contribution in [3.63, 3.8) is 0 Å². The number of rotatable bonds is 4. The Morgan fingerprint density at radius 1 is 1.17 bits per heavy atom. The molecule has 1 aromatic carbocycles. The van der Waals surface area contributed by atoms with Gasteiger partial charge in [0.1, 0.15) is 12.1 Å². The van der Waals surface area contributed by atoms with Crippen LogP contribution in [0, 0.1) is 11.8 Å². The summed E-state index contributed by atoms with van der Waals surface area (Å²) >= 11 is 13.3. The van der Waals surface area contributed by atoms with Gasteiger partial charge in [-0.1, -0.05) is 42.0 Å². The molecule has 1 saturated heterocycles. The first kappa shape index (κ1) is 24.9. The molecule has 2 N–H and O–H groups in total. The fraction of sp³-hybridized carbons (Fsp3) is 0.308. The maximum atomic E-state index is 13.2. The monoisotopic (exact) mass is 508 g/mol. The second-order valence-electron chi connectivity index (χ2n) is 8.59. The predicted octanol–water partition coefficient (Wildman–Crippen LogP) is 4.17. The number of nitrogens with two attached hydrogens (primary N) is 1. The third-order valence-corrected chi connectivity index (χ3v) is 6.69. The fourth-order valence-electron chi connectivity index (χ4n) is 4.07. The van der Waals surface area contributed by atoms with Gasteiger partial charge in [-0.15, -0.1) is 0 Å². The summed E-state index contributed by atoms with van der Waals surface area (Å²) in [5, 5.41) is 0.563. The molecule has 0 spiro atoms. The van der Waals surface area contributed by atoms with Crippen LogP contribution in [-0.2, 0) is 6.42 Å². The van der Waals surface area contributed by atoms with E-state index in [1.165, 1.54) is 6.33 Å². The van der Waals surface area contributed by atoms with Crippen LogP contribution in [-0.4, -0.2) is 63.9 Å². The molecule has 0 bridgehead atoms. The third-order valence-electron chi connectivity index (χ3n) is 6.09. The first-order chi connectivity index (χ1) is 16.8. The summed E-state index contributed by atoms with van der Waals surface area (Å²) in [4.78, 5) is 30.1. The van der Waals surface area contributed by atoms with E-state index in [1.807, 2.05) is 21.0 Å². The van der Waals surface area contributed by atoms with E-state index in [-0.39, 0.29) is 16.0 Å². The van der Waals surface area contributed by atoms with Crippen molar-refractivity contribution in [1.29, 1.82) is 0 Å². The Labute approximate surface area is 215 Å². The van der Waals surface area contributed by atoms with Gasteiger partial charge in [0, 0.05) is 36.5 Å². The quantitative estimate of drug-likeness (QED) is 0.532. The Hall–Kier alpha value is -3.18. The van der Waals surface area contributed by atoms with E-state index in [0.717, 1.165) is 17.7 Å². The number of carbonyl (C=O) groups excluding carboxylic acids is 1. The minimum atomic E-state index is -0.163. The van der Waals surface area contributed by atoms with Gasteiger partial charge in [-0.25, -0.2) is 15.0 Å². The number of nitrogen functional groups attached to an aromatic ring is 1. The number of aryl methyl sites for hydroxylation is 1. The summed E-state index contributed by atoms with van der Waals surface area (Å²) in [6.45, 7) is 3.31. The lowest BCUT2D eigenvalue weighted by Gasteiger charge is -2.21. The van der Waals surface area contributed by atoms with Gasteiger partial charge >= 0.3 is 0 Å². The molecule has 1 aliphatic heterocycles. The van der Waals surface area contributed by atoms with Crippen LogP contribution in [0.1, 0.15) is 40.5 Å². The fourth-order valence-corrected chi connectivity index (χ4v) is 4.72. The van der Waals surface area contributed by atoms with Crippen LogP contribution >= 0.6 is 23.2 Å². The van der Waals surface area contributed by atoms with Crippen molar-refractivity contribution in [1.82, 2.24) is 24.8 Å². The second kappa shape index (κ2) is 10.6. The number of likely N-dealkylation sites (tertiary alicyclic amines) is 1. The molecule has 1 amide bonds. The van der Waals surface area contributed by atoms with Crippen LogP contribution < -0.4 is 5.73 Å². The molecule has 3 aromatic rings. The van der Waals surface area contributed by atoms with Gasteiger partial charge in [0.05, 0.1) is 32.6 Å². The Kier molecular flexibility index (Phi) is 7.56. The van der Waals surface area contributed by atoms with E-state index in [9.17, 15) is 4.79 Å². The lowest BCUT2D eigenvalue weighted by molar-refractivity contribution is 0.0783. The van der Waals surface area contributed by atoms with Crippen molar-refractivity contribution in [3.05, 3.63) is 69.2 Å². The Bertz CT molecular complexity index is 1290. The lowest BCUT2D eigenvalue weighted by atomic mass is 10.0. The van der Waals surface area contributed by atoms with Gasteiger partial charge < -0.3 is 15.5 Å². The highest BCUT2D eigenvalue weighted by Gasteiger charge is 2.30. The number of anilines is 1. The van der Waals surface area contributed by atoms with E-state index in [2.05, 4.69) is 31.7 Å². The second-order valence-corrected chi connectivity index (χ2v) is 9.41. The standard InChI is InChI=1S/C26H26Cl2N6O/c1-4-22-19(7-5-16-6-8-23(29)30-13-16)25(32-15-31-22)17-11-20(27)24(21(28)12-17)26(35)34-10-9-18(14-34)33(2)3/h6,8,11-13,15,18H,4,9-10,14H2,1-3H3,(H2,29,30)/t18-/m1/s1. The van der Waals surface area contributed by atoms with Gasteiger partial charge in [0.2, 0.25) is 0 Å². The molecule has 0 unspecified atom stereocenters. The number of likely N-dealkylation sites (N-methyl/N-ethyl adjacent to an activating group) is 1. The summed E-state index contributed by atoms with van der Waals surface area (Å²) in [7, 11) is 4.04. The van der Waals surface area contributed by atoms with Crippen LogP contribution in [0.2, 0.25) is 10.0 Å². The number of hydrogen-bond donors (Lipinski definition) is 1. The topological polar surface area (TPSA) is 88.2 Å². The van der Waals surface area contributed by atoms with Crippen LogP contribution in [0.25, 0.3) is 11.3 Å². The zero-order valence-electron chi connectivity index (χ0n) is 19.8. The molecule has 2 aromatic heterocycles. The highest BCUT2D eigenvalue weighted by Crippen LogP contribution is 2.34. The smallest absolute Gasteiger partial charge is 0.256 e. The molecule has 7 nitrogen and oxygen atoms in total.